The molecular formula is C15H28N4O2S. The molecule has 0 N–H and O–H groups in total. The minimum absolute atomic E-state index is 0.146. The third kappa shape index (κ3) is 4.07. The molecule has 0 aliphatic carbocycles. The number of sulfonamides is 1. The fourth-order valence-corrected chi connectivity index (χ4v) is 4.70. The Labute approximate surface area is 134 Å². The fraction of sp³-hybridized carbons (Fsp3) is 0.867. The average molecular weight is 328 g/mol. The summed E-state index contributed by atoms with van der Waals surface area (Å²) in [7, 11) is -3.16. The molecule has 1 aliphatic rings. The molecule has 0 amide bonds. The third-order valence-electron chi connectivity index (χ3n) is 4.25. The molecular weight excluding hydrogens is 300 g/mol. The van der Waals surface area contributed by atoms with E-state index in [0.29, 0.717) is 25.4 Å². The highest BCUT2D eigenvalue weighted by atomic mass is 32.2. The Morgan fingerprint density at radius 2 is 2.05 bits per heavy atom. The van der Waals surface area contributed by atoms with Gasteiger partial charge in [0, 0.05) is 25.0 Å². The van der Waals surface area contributed by atoms with E-state index >= 15 is 0 Å². The van der Waals surface area contributed by atoms with Gasteiger partial charge in [0.15, 0.2) is 0 Å². The van der Waals surface area contributed by atoms with Gasteiger partial charge in [-0.3, -0.25) is 0 Å². The molecule has 0 unspecified atom stereocenters. The van der Waals surface area contributed by atoms with E-state index in [9.17, 15) is 8.42 Å². The predicted octanol–water partition coefficient (Wildman–Crippen LogP) is 2.41. The third-order valence-corrected chi connectivity index (χ3v) is 6.12. The fourth-order valence-electron chi connectivity index (χ4n) is 2.86. The summed E-state index contributed by atoms with van der Waals surface area (Å²) >= 11 is 0. The molecule has 2 rings (SSSR count). The van der Waals surface area contributed by atoms with E-state index in [1.165, 1.54) is 0 Å². The largest absolute Gasteiger partial charge is 0.315 e. The van der Waals surface area contributed by atoms with Crippen LogP contribution in [-0.2, 0) is 10.0 Å². The van der Waals surface area contributed by atoms with Gasteiger partial charge < -0.3 is 4.57 Å². The highest BCUT2D eigenvalue weighted by Crippen LogP contribution is 2.28. The first kappa shape index (κ1) is 17.4. The van der Waals surface area contributed by atoms with Crippen LogP contribution in [0.25, 0.3) is 0 Å². The molecule has 1 saturated heterocycles. The van der Waals surface area contributed by atoms with Crippen LogP contribution in [0.4, 0.5) is 0 Å². The molecule has 0 aromatic carbocycles. The van der Waals surface area contributed by atoms with Gasteiger partial charge >= 0.3 is 0 Å². The molecule has 126 valence electrons. The van der Waals surface area contributed by atoms with E-state index in [4.69, 9.17) is 0 Å². The SMILES string of the molecule is CC(C)CCS(=O)(=O)N1CCC[C@H](c2nncn2C(C)C)C1. The van der Waals surface area contributed by atoms with Crippen molar-refractivity contribution in [2.24, 2.45) is 5.92 Å². The van der Waals surface area contributed by atoms with E-state index in [-0.39, 0.29) is 17.7 Å². The molecule has 2 heterocycles. The topological polar surface area (TPSA) is 68.1 Å². The summed E-state index contributed by atoms with van der Waals surface area (Å²) in [6.07, 6.45) is 4.32. The number of aromatic nitrogens is 3. The van der Waals surface area contributed by atoms with Gasteiger partial charge in [0.05, 0.1) is 5.75 Å². The van der Waals surface area contributed by atoms with Crippen molar-refractivity contribution in [3.63, 3.8) is 0 Å². The first-order valence-corrected chi connectivity index (χ1v) is 9.79. The summed E-state index contributed by atoms with van der Waals surface area (Å²) < 4.78 is 28.7. The van der Waals surface area contributed by atoms with Crippen molar-refractivity contribution in [1.82, 2.24) is 19.1 Å². The Morgan fingerprint density at radius 3 is 2.68 bits per heavy atom. The molecule has 0 bridgehead atoms. The minimum Gasteiger partial charge on any atom is -0.315 e. The highest BCUT2D eigenvalue weighted by Gasteiger charge is 2.31. The van der Waals surface area contributed by atoms with Crippen LogP contribution in [0.2, 0.25) is 0 Å². The van der Waals surface area contributed by atoms with Crippen molar-refractivity contribution < 1.29 is 8.42 Å². The molecule has 0 radical (unpaired) electrons. The normalized spacial score (nSPS) is 20.9. The molecule has 1 aromatic rings. The lowest BCUT2D eigenvalue weighted by molar-refractivity contribution is 0.301. The molecule has 0 spiro atoms. The van der Waals surface area contributed by atoms with Crippen LogP contribution in [-0.4, -0.2) is 46.3 Å². The van der Waals surface area contributed by atoms with E-state index < -0.39 is 10.0 Å². The Hall–Kier alpha value is -0.950. The Balaban J connectivity index is 2.10. The summed E-state index contributed by atoms with van der Waals surface area (Å²) in [5.41, 5.74) is 0. The lowest BCUT2D eigenvalue weighted by Crippen LogP contribution is -2.41. The van der Waals surface area contributed by atoms with E-state index in [1.807, 2.05) is 0 Å². The number of nitrogens with zero attached hydrogens (tertiary/aromatic N) is 4. The van der Waals surface area contributed by atoms with Gasteiger partial charge in [0.25, 0.3) is 0 Å². The Bertz CT molecular complexity index is 580. The van der Waals surface area contributed by atoms with Crippen molar-refractivity contribution in [2.45, 2.75) is 58.9 Å². The van der Waals surface area contributed by atoms with Crippen molar-refractivity contribution in [1.29, 1.82) is 0 Å². The second-order valence-corrected chi connectivity index (χ2v) is 8.97. The van der Waals surface area contributed by atoms with Crippen LogP contribution in [0.15, 0.2) is 6.33 Å². The number of hydrogen-bond acceptors (Lipinski definition) is 4. The number of piperidine rings is 1. The highest BCUT2D eigenvalue weighted by molar-refractivity contribution is 7.89. The predicted molar refractivity (Wildman–Crippen MR) is 87.2 cm³/mol. The molecule has 22 heavy (non-hydrogen) atoms. The lowest BCUT2D eigenvalue weighted by Gasteiger charge is -2.32. The van der Waals surface area contributed by atoms with Crippen molar-refractivity contribution in [3.8, 4) is 0 Å². The zero-order valence-electron chi connectivity index (χ0n) is 14.1. The second kappa shape index (κ2) is 7.08. The van der Waals surface area contributed by atoms with Gasteiger partial charge in [0.1, 0.15) is 12.2 Å². The summed E-state index contributed by atoms with van der Waals surface area (Å²) in [4.78, 5) is 0. The van der Waals surface area contributed by atoms with Gasteiger partial charge in [-0.05, 0) is 39.0 Å². The minimum atomic E-state index is -3.16. The van der Waals surface area contributed by atoms with Crippen LogP contribution in [0.3, 0.4) is 0 Å². The smallest absolute Gasteiger partial charge is 0.214 e. The van der Waals surface area contributed by atoms with Gasteiger partial charge in [-0.1, -0.05) is 13.8 Å². The molecule has 1 fully saturated rings. The monoisotopic (exact) mass is 328 g/mol. The second-order valence-electron chi connectivity index (χ2n) is 6.89. The zero-order chi connectivity index (χ0) is 16.3. The molecule has 1 aliphatic heterocycles. The van der Waals surface area contributed by atoms with Crippen molar-refractivity contribution in [3.05, 3.63) is 12.2 Å². The van der Waals surface area contributed by atoms with Gasteiger partial charge in [-0.15, -0.1) is 10.2 Å². The Kier molecular flexibility index (Phi) is 5.60. The maximum Gasteiger partial charge on any atom is 0.214 e. The van der Waals surface area contributed by atoms with Gasteiger partial charge in [-0.25, -0.2) is 12.7 Å². The first-order valence-electron chi connectivity index (χ1n) is 8.18. The van der Waals surface area contributed by atoms with Crippen LogP contribution in [0.1, 0.15) is 64.7 Å². The summed E-state index contributed by atoms with van der Waals surface area (Å²) in [5, 5.41) is 8.25. The number of hydrogen-bond donors (Lipinski definition) is 0. The molecule has 7 heteroatoms. The lowest BCUT2D eigenvalue weighted by atomic mass is 9.98. The summed E-state index contributed by atoms with van der Waals surface area (Å²) in [6.45, 7) is 9.46. The molecule has 0 saturated carbocycles. The van der Waals surface area contributed by atoms with Crippen molar-refractivity contribution >= 4 is 10.0 Å². The van der Waals surface area contributed by atoms with Crippen LogP contribution in [0, 0.1) is 5.92 Å². The standard InChI is InChI=1S/C15H28N4O2S/c1-12(2)7-9-22(20,21)18-8-5-6-14(10-18)15-17-16-11-19(15)13(3)4/h11-14H,5-10H2,1-4H3/t14-/m0/s1. The van der Waals surface area contributed by atoms with Crippen LogP contribution >= 0.6 is 0 Å². The average Bonchev–Trinajstić information content (AvgIpc) is 2.95. The van der Waals surface area contributed by atoms with Crippen molar-refractivity contribution in [2.75, 3.05) is 18.8 Å². The number of rotatable bonds is 6. The molecule has 1 aromatic heterocycles. The molecule has 1 atom stereocenters. The zero-order valence-corrected chi connectivity index (χ0v) is 14.9. The quantitative estimate of drug-likeness (QED) is 0.804. The van der Waals surface area contributed by atoms with E-state index in [1.54, 1.807) is 10.6 Å². The summed E-state index contributed by atoms with van der Waals surface area (Å²) in [6, 6.07) is 0.290. The first-order chi connectivity index (χ1) is 10.3. The summed E-state index contributed by atoms with van der Waals surface area (Å²) in [5.74, 6) is 1.71. The van der Waals surface area contributed by atoms with E-state index in [0.717, 1.165) is 18.7 Å². The van der Waals surface area contributed by atoms with Gasteiger partial charge in [-0.2, -0.15) is 0 Å². The maximum atomic E-state index is 12.5. The maximum absolute atomic E-state index is 12.5. The van der Waals surface area contributed by atoms with Crippen LogP contribution in [0.5, 0.6) is 0 Å². The molecule has 6 nitrogen and oxygen atoms in total. The van der Waals surface area contributed by atoms with Gasteiger partial charge in [0.2, 0.25) is 10.0 Å². The Morgan fingerprint density at radius 1 is 1.32 bits per heavy atom. The van der Waals surface area contributed by atoms with E-state index in [2.05, 4.69) is 42.5 Å². The van der Waals surface area contributed by atoms with Crippen LogP contribution < -0.4 is 0 Å².